The van der Waals surface area contributed by atoms with Gasteiger partial charge in [0.1, 0.15) is 0 Å². The fourth-order valence-electron chi connectivity index (χ4n) is 1.50. The summed E-state index contributed by atoms with van der Waals surface area (Å²) in [5.41, 5.74) is 0.738. The van der Waals surface area contributed by atoms with E-state index in [1.807, 2.05) is 18.2 Å². The first kappa shape index (κ1) is 12.3. The first-order chi connectivity index (χ1) is 7.68. The van der Waals surface area contributed by atoms with E-state index in [1.165, 1.54) is 0 Å². The van der Waals surface area contributed by atoms with Crippen molar-refractivity contribution >= 4 is 44.4 Å². The van der Waals surface area contributed by atoms with Gasteiger partial charge in [0.25, 0.3) is 5.91 Å². The van der Waals surface area contributed by atoms with E-state index < -0.39 is 0 Å². The Balaban J connectivity index is 1.99. The molecule has 86 valence electrons. The van der Waals surface area contributed by atoms with Gasteiger partial charge < -0.3 is 10.6 Å². The molecule has 2 N–H and O–H groups in total. The molecule has 3 nitrogen and oxygen atoms in total. The van der Waals surface area contributed by atoms with Gasteiger partial charge in [0.05, 0.1) is 5.56 Å². The minimum atomic E-state index is 0.0117. The van der Waals surface area contributed by atoms with E-state index in [-0.39, 0.29) is 5.91 Å². The zero-order valence-corrected chi connectivity index (χ0v) is 12.3. The molecule has 2 rings (SSSR count). The average Bonchev–Trinajstić information content (AvgIpc) is 2.19. The second-order valence-electron chi connectivity index (χ2n) is 3.84. The van der Waals surface area contributed by atoms with Crippen LogP contribution >= 0.6 is 38.5 Å². The zero-order chi connectivity index (χ0) is 11.5. The van der Waals surface area contributed by atoms with Crippen LogP contribution in [0.5, 0.6) is 0 Å². The predicted octanol–water partition coefficient (Wildman–Crippen LogP) is 2.00. The molecule has 0 atom stereocenters. The van der Waals surface area contributed by atoms with Crippen molar-refractivity contribution in [2.24, 2.45) is 5.92 Å². The Morgan fingerprint density at radius 3 is 2.94 bits per heavy atom. The monoisotopic (exact) mass is 394 g/mol. The minimum absolute atomic E-state index is 0.0117. The molecule has 0 aliphatic carbocycles. The number of nitrogens with one attached hydrogen (secondary N) is 2. The predicted molar refractivity (Wildman–Crippen MR) is 75.6 cm³/mol. The summed E-state index contributed by atoms with van der Waals surface area (Å²) in [4.78, 5) is 11.9. The zero-order valence-electron chi connectivity index (χ0n) is 8.59. The molecule has 1 aromatic carbocycles. The van der Waals surface area contributed by atoms with E-state index in [1.54, 1.807) is 0 Å². The quantitative estimate of drug-likeness (QED) is 0.770. The van der Waals surface area contributed by atoms with Gasteiger partial charge in [0.2, 0.25) is 0 Å². The van der Waals surface area contributed by atoms with Gasteiger partial charge >= 0.3 is 0 Å². The highest BCUT2D eigenvalue weighted by Crippen LogP contribution is 2.22. The van der Waals surface area contributed by atoms with Gasteiger partial charge in [0.15, 0.2) is 0 Å². The van der Waals surface area contributed by atoms with Crippen molar-refractivity contribution in [1.29, 1.82) is 0 Å². The molecule has 0 bridgehead atoms. The van der Waals surface area contributed by atoms with E-state index in [2.05, 4.69) is 49.2 Å². The molecule has 1 aromatic rings. The first-order valence-electron chi connectivity index (χ1n) is 5.11. The average molecular weight is 395 g/mol. The highest BCUT2D eigenvalue weighted by molar-refractivity contribution is 14.1. The summed E-state index contributed by atoms with van der Waals surface area (Å²) in [5, 5.41) is 6.15. The summed E-state index contributed by atoms with van der Waals surface area (Å²) >= 11 is 5.60. The van der Waals surface area contributed by atoms with E-state index >= 15 is 0 Å². The van der Waals surface area contributed by atoms with Gasteiger partial charge in [-0.1, -0.05) is 6.07 Å². The third kappa shape index (κ3) is 2.75. The summed E-state index contributed by atoms with van der Waals surface area (Å²) in [6.45, 7) is 2.78. The Morgan fingerprint density at radius 1 is 1.56 bits per heavy atom. The van der Waals surface area contributed by atoms with Crippen LogP contribution < -0.4 is 10.6 Å². The Labute approximate surface area is 117 Å². The second-order valence-corrected chi connectivity index (χ2v) is 5.77. The van der Waals surface area contributed by atoms with Crippen molar-refractivity contribution in [1.82, 2.24) is 10.6 Å². The van der Waals surface area contributed by atoms with Crippen LogP contribution in [-0.2, 0) is 0 Å². The van der Waals surface area contributed by atoms with Gasteiger partial charge in [-0.3, -0.25) is 4.79 Å². The molecule has 0 saturated carbocycles. The Hall–Kier alpha value is -0.140. The van der Waals surface area contributed by atoms with Crippen molar-refractivity contribution in [2.45, 2.75) is 0 Å². The molecule has 5 heteroatoms. The Morgan fingerprint density at radius 2 is 2.31 bits per heavy atom. The maximum absolute atomic E-state index is 11.9. The summed E-state index contributed by atoms with van der Waals surface area (Å²) in [5.74, 6) is 0.603. The molecule has 0 aromatic heterocycles. The molecule has 0 radical (unpaired) electrons. The fraction of sp³-hybridized carbons (Fsp3) is 0.364. The molecule has 1 aliphatic heterocycles. The van der Waals surface area contributed by atoms with Crippen molar-refractivity contribution < 1.29 is 4.79 Å². The normalized spacial score (nSPS) is 15.6. The van der Waals surface area contributed by atoms with Gasteiger partial charge in [-0.05, 0) is 50.7 Å². The maximum atomic E-state index is 11.9. The standard InChI is InChI=1S/C11H12BrIN2O/c12-9-3-1-2-8(10(9)13)11(16)15-6-7-4-14-5-7/h1-3,7,14H,4-6H2,(H,15,16). The number of hydrogen-bond acceptors (Lipinski definition) is 2. The summed E-state index contributed by atoms with van der Waals surface area (Å²) in [6.07, 6.45) is 0. The Kier molecular flexibility index (Phi) is 4.21. The third-order valence-corrected chi connectivity index (χ3v) is 5.18. The van der Waals surface area contributed by atoms with Crippen LogP contribution in [0.1, 0.15) is 10.4 Å². The van der Waals surface area contributed by atoms with Crippen LogP contribution in [0.4, 0.5) is 0 Å². The molecule has 1 heterocycles. The van der Waals surface area contributed by atoms with Crippen LogP contribution in [0.15, 0.2) is 22.7 Å². The van der Waals surface area contributed by atoms with Crippen molar-refractivity contribution in [3.63, 3.8) is 0 Å². The number of halogens is 2. The van der Waals surface area contributed by atoms with Crippen LogP contribution in [0.3, 0.4) is 0 Å². The smallest absolute Gasteiger partial charge is 0.252 e. The molecule has 0 unspecified atom stereocenters. The molecule has 1 aliphatic rings. The second kappa shape index (κ2) is 5.46. The molecule has 16 heavy (non-hydrogen) atoms. The van der Waals surface area contributed by atoms with Crippen LogP contribution in [0.2, 0.25) is 0 Å². The number of benzene rings is 1. The first-order valence-corrected chi connectivity index (χ1v) is 6.98. The molecule has 1 saturated heterocycles. The van der Waals surface area contributed by atoms with Gasteiger partial charge in [-0.15, -0.1) is 0 Å². The van der Waals surface area contributed by atoms with E-state index in [9.17, 15) is 4.79 Å². The minimum Gasteiger partial charge on any atom is -0.352 e. The topological polar surface area (TPSA) is 41.1 Å². The van der Waals surface area contributed by atoms with Gasteiger partial charge in [-0.25, -0.2) is 0 Å². The van der Waals surface area contributed by atoms with Crippen molar-refractivity contribution in [3.05, 3.63) is 31.8 Å². The number of hydrogen-bond donors (Lipinski definition) is 2. The van der Waals surface area contributed by atoms with E-state index in [4.69, 9.17) is 0 Å². The highest BCUT2D eigenvalue weighted by atomic mass is 127. The van der Waals surface area contributed by atoms with E-state index in [0.717, 1.165) is 33.2 Å². The number of rotatable bonds is 3. The molecule has 1 amide bonds. The lowest BCUT2D eigenvalue weighted by Gasteiger charge is -2.27. The van der Waals surface area contributed by atoms with Gasteiger partial charge in [-0.2, -0.15) is 0 Å². The molecular formula is C11H12BrIN2O. The van der Waals surface area contributed by atoms with Crippen LogP contribution in [0.25, 0.3) is 0 Å². The summed E-state index contributed by atoms with van der Waals surface area (Å²) in [7, 11) is 0. The molecular weight excluding hydrogens is 383 g/mol. The van der Waals surface area contributed by atoms with Crippen LogP contribution in [0, 0.1) is 9.49 Å². The maximum Gasteiger partial charge on any atom is 0.252 e. The van der Waals surface area contributed by atoms with Gasteiger partial charge in [0, 0.05) is 33.6 Å². The fourth-order valence-corrected chi connectivity index (χ4v) is 2.47. The molecule has 0 spiro atoms. The summed E-state index contributed by atoms with van der Waals surface area (Å²) in [6, 6.07) is 5.67. The number of carbonyl (C=O) groups excluding carboxylic acids is 1. The van der Waals surface area contributed by atoms with E-state index in [0.29, 0.717) is 5.92 Å². The third-order valence-electron chi connectivity index (χ3n) is 2.61. The number of carbonyl (C=O) groups is 1. The Bertz CT molecular complexity index is 407. The summed E-state index contributed by atoms with van der Waals surface area (Å²) < 4.78 is 1.93. The highest BCUT2D eigenvalue weighted by Gasteiger charge is 2.18. The van der Waals surface area contributed by atoms with Crippen molar-refractivity contribution in [2.75, 3.05) is 19.6 Å². The largest absolute Gasteiger partial charge is 0.352 e. The van der Waals surface area contributed by atoms with Crippen molar-refractivity contribution in [3.8, 4) is 0 Å². The SMILES string of the molecule is O=C(NCC1CNC1)c1cccc(Br)c1I. The lowest BCUT2D eigenvalue weighted by molar-refractivity contribution is 0.0941. The lowest BCUT2D eigenvalue weighted by atomic mass is 10.0. The molecule has 1 fully saturated rings. The van der Waals surface area contributed by atoms with Crippen LogP contribution in [-0.4, -0.2) is 25.5 Å². The number of amides is 1. The lowest BCUT2D eigenvalue weighted by Crippen LogP contribution is -2.48.